The molecule has 0 aliphatic carbocycles. The molecule has 0 saturated heterocycles. The second kappa shape index (κ2) is 2.01. The summed E-state index contributed by atoms with van der Waals surface area (Å²) in [6.07, 6.45) is 6.67. The van der Waals surface area contributed by atoms with Crippen LogP contribution < -0.4 is 5.32 Å². The van der Waals surface area contributed by atoms with Crippen LogP contribution in [-0.2, 0) is 0 Å². The van der Waals surface area contributed by atoms with E-state index >= 15 is 0 Å². The summed E-state index contributed by atoms with van der Waals surface area (Å²) >= 11 is 0. The van der Waals surface area contributed by atoms with Crippen molar-refractivity contribution in [1.82, 2.24) is 5.32 Å². The number of nitrogens with one attached hydrogen (secondary N) is 1. The average Bonchev–Trinajstić information content (AvgIpc) is 2.14. The summed E-state index contributed by atoms with van der Waals surface area (Å²) in [5.74, 6) is 0. The zero-order valence-electron chi connectivity index (χ0n) is 4.65. The van der Waals surface area contributed by atoms with Crippen molar-refractivity contribution in [3.63, 3.8) is 0 Å². The molecule has 0 aromatic rings. The van der Waals surface area contributed by atoms with Gasteiger partial charge in [0, 0.05) is 6.04 Å². The lowest BCUT2D eigenvalue weighted by Crippen LogP contribution is -2.16. The van der Waals surface area contributed by atoms with Gasteiger partial charge in [-0.05, 0) is 19.0 Å². The molecular weight excluding hydrogens is 86.1 g/mol. The monoisotopic (exact) mass is 97.1 g/mol. The summed E-state index contributed by atoms with van der Waals surface area (Å²) in [6.45, 7) is 2.20. The van der Waals surface area contributed by atoms with Crippen LogP contribution in [0.5, 0.6) is 0 Å². The third kappa shape index (κ3) is 0.952. The lowest BCUT2D eigenvalue weighted by atomic mass is 10.2. The van der Waals surface area contributed by atoms with E-state index < -0.39 is 0 Å². The molecular formula is C6H11N. The molecule has 0 unspecified atom stereocenters. The fraction of sp³-hybridized carbons (Fsp3) is 0.667. The van der Waals surface area contributed by atoms with Gasteiger partial charge >= 0.3 is 0 Å². The predicted octanol–water partition coefficient (Wildman–Crippen LogP) is 1.27. The van der Waals surface area contributed by atoms with Gasteiger partial charge < -0.3 is 5.32 Å². The molecule has 0 radical (unpaired) electrons. The van der Waals surface area contributed by atoms with Gasteiger partial charge in [0.1, 0.15) is 0 Å². The highest BCUT2D eigenvalue weighted by molar-refractivity contribution is 4.93. The molecule has 1 heteroatoms. The van der Waals surface area contributed by atoms with Crippen LogP contribution in [0.15, 0.2) is 12.3 Å². The smallest absolute Gasteiger partial charge is 0.0288 e. The van der Waals surface area contributed by atoms with Gasteiger partial charge in [-0.2, -0.15) is 0 Å². The molecule has 1 aliphatic heterocycles. The Hall–Kier alpha value is -0.460. The fourth-order valence-electron chi connectivity index (χ4n) is 0.789. The van der Waals surface area contributed by atoms with E-state index in [1.54, 1.807) is 0 Å². The van der Waals surface area contributed by atoms with E-state index in [4.69, 9.17) is 0 Å². The molecule has 0 fully saturated rings. The first kappa shape index (κ1) is 4.69. The average molecular weight is 97.2 g/mol. The Balaban J connectivity index is 2.22. The van der Waals surface area contributed by atoms with E-state index in [9.17, 15) is 0 Å². The fourth-order valence-corrected chi connectivity index (χ4v) is 0.789. The molecule has 1 atom stereocenters. The molecule has 0 aromatic heterocycles. The van der Waals surface area contributed by atoms with E-state index in [2.05, 4.69) is 18.3 Å². The van der Waals surface area contributed by atoms with Gasteiger partial charge in [-0.25, -0.2) is 0 Å². The van der Waals surface area contributed by atoms with Crippen molar-refractivity contribution in [2.45, 2.75) is 25.8 Å². The lowest BCUT2D eigenvalue weighted by Gasteiger charge is -2.03. The quantitative estimate of drug-likeness (QED) is 0.519. The summed E-state index contributed by atoms with van der Waals surface area (Å²) in [5.41, 5.74) is 0. The summed E-state index contributed by atoms with van der Waals surface area (Å²) in [4.78, 5) is 0. The maximum Gasteiger partial charge on any atom is 0.0288 e. The Morgan fingerprint density at radius 1 is 1.86 bits per heavy atom. The zero-order chi connectivity index (χ0) is 5.11. The van der Waals surface area contributed by atoms with Crippen molar-refractivity contribution in [1.29, 1.82) is 0 Å². The molecule has 1 N–H and O–H groups in total. The standard InChI is InChI=1S/C6H11N/c1-2-6-4-3-5-7-6/h3,5-7H,2,4H2,1H3/t6-/m1/s1. The van der Waals surface area contributed by atoms with Crippen LogP contribution in [0.25, 0.3) is 0 Å². The topological polar surface area (TPSA) is 12.0 Å². The van der Waals surface area contributed by atoms with Crippen LogP contribution in [0.1, 0.15) is 19.8 Å². The third-order valence-corrected chi connectivity index (χ3v) is 1.36. The van der Waals surface area contributed by atoms with E-state index in [1.165, 1.54) is 12.8 Å². The number of hydrogen-bond donors (Lipinski definition) is 1. The van der Waals surface area contributed by atoms with Gasteiger partial charge in [0.25, 0.3) is 0 Å². The van der Waals surface area contributed by atoms with Crippen molar-refractivity contribution in [2.24, 2.45) is 0 Å². The van der Waals surface area contributed by atoms with Gasteiger partial charge in [0.2, 0.25) is 0 Å². The molecule has 1 nitrogen and oxygen atoms in total. The molecule has 1 heterocycles. The molecule has 0 bridgehead atoms. The van der Waals surface area contributed by atoms with Gasteiger partial charge in [-0.3, -0.25) is 0 Å². The first-order chi connectivity index (χ1) is 3.43. The molecule has 1 rings (SSSR count). The van der Waals surface area contributed by atoms with Gasteiger partial charge in [-0.15, -0.1) is 0 Å². The predicted molar refractivity (Wildman–Crippen MR) is 31.0 cm³/mol. The molecule has 1 aliphatic rings. The van der Waals surface area contributed by atoms with Crippen LogP contribution in [0, 0.1) is 0 Å². The minimum atomic E-state index is 0.736. The Morgan fingerprint density at radius 2 is 2.71 bits per heavy atom. The van der Waals surface area contributed by atoms with Gasteiger partial charge in [0.05, 0.1) is 0 Å². The molecule has 0 amide bonds. The normalized spacial score (nSPS) is 27.9. The van der Waals surface area contributed by atoms with Crippen molar-refractivity contribution in [3.8, 4) is 0 Å². The lowest BCUT2D eigenvalue weighted by molar-refractivity contribution is 0.607. The van der Waals surface area contributed by atoms with Crippen molar-refractivity contribution in [3.05, 3.63) is 12.3 Å². The first-order valence-corrected chi connectivity index (χ1v) is 2.84. The second-order valence-electron chi connectivity index (χ2n) is 1.91. The Labute approximate surface area is 44.4 Å². The van der Waals surface area contributed by atoms with E-state index in [-0.39, 0.29) is 0 Å². The molecule has 7 heavy (non-hydrogen) atoms. The SMILES string of the molecule is CC[C@@H]1CC=CN1. The summed E-state index contributed by atoms with van der Waals surface area (Å²) < 4.78 is 0. The van der Waals surface area contributed by atoms with E-state index in [0.29, 0.717) is 0 Å². The largest absolute Gasteiger partial charge is 0.388 e. The third-order valence-electron chi connectivity index (χ3n) is 1.36. The number of hydrogen-bond acceptors (Lipinski definition) is 1. The second-order valence-corrected chi connectivity index (χ2v) is 1.91. The summed E-state index contributed by atoms with van der Waals surface area (Å²) in [6, 6.07) is 0.736. The highest BCUT2D eigenvalue weighted by Gasteiger charge is 2.03. The summed E-state index contributed by atoms with van der Waals surface area (Å²) in [5, 5.41) is 3.23. The Kier molecular flexibility index (Phi) is 1.35. The molecule has 40 valence electrons. The summed E-state index contributed by atoms with van der Waals surface area (Å²) in [7, 11) is 0. The van der Waals surface area contributed by atoms with Crippen LogP contribution in [0.2, 0.25) is 0 Å². The van der Waals surface area contributed by atoms with Crippen LogP contribution in [0.4, 0.5) is 0 Å². The molecule has 0 saturated carbocycles. The van der Waals surface area contributed by atoms with Crippen LogP contribution >= 0.6 is 0 Å². The maximum absolute atomic E-state index is 3.23. The van der Waals surface area contributed by atoms with E-state index in [1.807, 2.05) is 6.20 Å². The highest BCUT2D eigenvalue weighted by atomic mass is 14.9. The van der Waals surface area contributed by atoms with Crippen LogP contribution in [-0.4, -0.2) is 6.04 Å². The minimum Gasteiger partial charge on any atom is -0.388 e. The minimum absolute atomic E-state index is 0.736. The molecule has 0 aromatic carbocycles. The maximum atomic E-state index is 3.23. The van der Waals surface area contributed by atoms with Crippen molar-refractivity contribution < 1.29 is 0 Å². The van der Waals surface area contributed by atoms with Crippen LogP contribution in [0.3, 0.4) is 0 Å². The van der Waals surface area contributed by atoms with Crippen molar-refractivity contribution in [2.75, 3.05) is 0 Å². The zero-order valence-corrected chi connectivity index (χ0v) is 4.65. The van der Waals surface area contributed by atoms with Crippen molar-refractivity contribution >= 4 is 0 Å². The Bertz CT molecular complexity index is 68.2. The highest BCUT2D eigenvalue weighted by Crippen LogP contribution is 2.03. The van der Waals surface area contributed by atoms with Gasteiger partial charge in [0.15, 0.2) is 0 Å². The molecule has 0 spiro atoms. The van der Waals surface area contributed by atoms with Gasteiger partial charge in [-0.1, -0.05) is 13.0 Å². The number of rotatable bonds is 1. The first-order valence-electron chi connectivity index (χ1n) is 2.84. The Morgan fingerprint density at radius 3 is 3.00 bits per heavy atom. The van der Waals surface area contributed by atoms with E-state index in [0.717, 1.165) is 6.04 Å².